The lowest BCUT2D eigenvalue weighted by atomic mass is 10.1. The Morgan fingerprint density at radius 2 is 1.96 bits per heavy atom. The van der Waals surface area contributed by atoms with Gasteiger partial charge in [-0.05, 0) is 25.1 Å². The number of hydrogen-bond donors (Lipinski definition) is 2. The number of fused-ring (bicyclic) bond motifs is 1. The Kier molecular flexibility index (Phi) is 4.97. The molecule has 134 valence electrons. The molecule has 0 unspecified atom stereocenters. The zero-order chi connectivity index (χ0) is 18.5. The average Bonchev–Trinajstić information content (AvgIpc) is 3.08. The summed E-state index contributed by atoms with van der Waals surface area (Å²) in [5.74, 6) is 0.315. The molecule has 9 heteroatoms. The molecule has 1 aliphatic rings. The number of anilines is 1. The Labute approximate surface area is 148 Å². The maximum Gasteiger partial charge on any atom is 0.282 e. The molecule has 0 saturated carbocycles. The van der Waals surface area contributed by atoms with Crippen LogP contribution in [-0.2, 0) is 4.79 Å². The largest absolute Gasteiger partial charge is 0.454 e. The fraction of sp³-hybridized carbons (Fsp3) is 0.176. The number of carbonyl (C=O) groups is 1. The molecule has 1 amide bonds. The second kappa shape index (κ2) is 7.51. The van der Waals surface area contributed by atoms with Crippen molar-refractivity contribution in [3.05, 3.63) is 57.6 Å². The number of rotatable bonds is 6. The van der Waals surface area contributed by atoms with Crippen molar-refractivity contribution in [1.29, 1.82) is 0 Å². The maximum atomic E-state index is 11.8. The van der Waals surface area contributed by atoms with E-state index in [2.05, 4.69) is 15.8 Å². The van der Waals surface area contributed by atoms with Crippen molar-refractivity contribution in [2.24, 2.45) is 5.10 Å². The molecule has 0 saturated heterocycles. The summed E-state index contributed by atoms with van der Waals surface area (Å²) in [6.07, 6.45) is 1.20. The Balaban J connectivity index is 1.60. The van der Waals surface area contributed by atoms with E-state index in [0.717, 1.165) is 11.3 Å². The molecular weight excluding hydrogens is 340 g/mol. The number of carbonyl (C=O) groups excluding carboxylic acids is 1. The van der Waals surface area contributed by atoms with Crippen LogP contribution in [0.2, 0.25) is 0 Å². The third-order valence-corrected chi connectivity index (χ3v) is 3.62. The Bertz CT molecular complexity index is 864. The van der Waals surface area contributed by atoms with E-state index in [9.17, 15) is 14.9 Å². The van der Waals surface area contributed by atoms with Crippen LogP contribution < -0.4 is 20.2 Å². The lowest BCUT2D eigenvalue weighted by molar-refractivity contribution is -0.385. The van der Waals surface area contributed by atoms with Gasteiger partial charge in [0.15, 0.2) is 11.5 Å². The predicted octanol–water partition coefficient (Wildman–Crippen LogP) is 2.19. The number of hydrazone groups is 1. The van der Waals surface area contributed by atoms with Crippen molar-refractivity contribution in [2.45, 2.75) is 6.92 Å². The smallest absolute Gasteiger partial charge is 0.282 e. The summed E-state index contributed by atoms with van der Waals surface area (Å²) in [7, 11) is 0. The highest BCUT2D eigenvalue weighted by Gasteiger charge is 2.22. The number of aryl methyl sites for hydroxylation is 1. The van der Waals surface area contributed by atoms with Crippen LogP contribution in [0, 0.1) is 17.0 Å². The SMILES string of the molecule is Cc1ccc(NCC(=O)N/N=C/c2cc3c(cc2[N+](=O)[O-])OCO3)cc1. The second-order valence-electron chi connectivity index (χ2n) is 5.53. The van der Waals surface area contributed by atoms with Gasteiger partial charge in [0.25, 0.3) is 11.6 Å². The van der Waals surface area contributed by atoms with Crippen LogP contribution in [0.15, 0.2) is 41.5 Å². The second-order valence-corrected chi connectivity index (χ2v) is 5.53. The van der Waals surface area contributed by atoms with Gasteiger partial charge in [0.05, 0.1) is 29.3 Å². The third kappa shape index (κ3) is 4.07. The van der Waals surface area contributed by atoms with Gasteiger partial charge < -0.3 is 14.8 Å². The number of nitrogens with zero attached hydrogens (tertiary/aromatic N) is 2. The van der Waals surface area contributed by atoms with E-state index >= 15 is 0 Å². The molecule has 0 fully saturated rings. The van der Waals surface area contributed by atoms with E-state index in [-0.39, 0.29) is 30.5 Å². The fourth-order valence-corrected chi connectivity index (χ4v) is 2.28. The maximum absolute atomic E-state index is 11.8. The topological polar surface area (TPSA) is 115 Å². The fourth-order valence-electron chi connectivity index (χ4n) is 2.28. The number of ether oxygens (including phenoxy) is 2. The van der Waals surface area contributed by atoms with E-state index in [1.807, 2.05) is 31.2 Å². The summed E-state index contributed by atoms with van der Waals surface area (Å²) in [6.45, 7) is 2.00. The van der Waals surface area contributed by atoms with Crippen molar-refractivity contribution in [3.63, 3.8) is 0 Å². The van der Waals surface area contributed by atoms with Gasteiger partial charge in [-0.3, -0.25) is 14.9 Å². The predicted molar refractivity (Wildman–Crippen MR) is 94.6 cm³/mol. The van der Waals surface area contributed by atoms with Gasteiger partial charge in [0, 0.05) is 5.69 Å². The van der Waals surface area contributed by atoms with Gasteiger partial charge in [0.2, 0.25) is 6.79 Å². The molecule has 9 nitrogen and oxygen atoms in total. The molecule has 26 heavy (non-hydrogen) atoms. The highest BCUT2D eigenvalue weighted by molar-refractivity contribution is 5.88. The van der Waals surface area contributed by atoms with Crippen molar-refractivity contribution in [1.82, 2.24) is 5.43 Å². The minimum atomic E-state index is -0.552. The molecule has 0 spiro atoms. The number of amides is 1. The molecule has 0 aliphatic carbocycles. The number of benzene rings is 2. The number of nitro groups is 1. The van der Waals surface area contributed by atoms with E-state index < -0.39 is 4.92 Å². The van der Waals surface area contributed by atoms with Crippen molar-refractivity contribution in [3.8, 4) is 11.5 Å². The lowest BCUT2D eigenvalue weighted by Gasteiger charge is -2.05. The van der Waals surface area contributed by atoms with Crippen LogP contribution in [0.1, 0.15) is 11.1 Å². The molecule has 0 radical (unpaired) electrons. The first-order valence-electron chi connectivity index (χ1n) is 7.73. The zero-order valence-electron chi connectivity index (χ0n) is 13.9. The van der Waals surface area contributed by atoms with Crippen LogP contribution in [0.4, 0.5) is 11.4 Å². The first kappa shape index (κ1) is 17.2. The van der Waals surface area contributed by atoms with Crippen molar-refractivity contribution in [2.75, 3.05) is 18.7 Å². The monoisotopic (exact) mass is 356 g/mol. The molecule has 1 heterocycles. The zero-order valence-corrected chi connectivity index (χ0v) is 13.9. The van der Waals surface area contributed by atoms with Gasteiger partial charge in [-0.15, -0.1) is 0 Å². The lowest BCUT2D eigenvalue weighted by Crippen LogP contribution is -2.25. The van der Waals surface area contributed by atoms with Gasteiger partial charge in [0.1, 0.15) is 0 Å². The number of nitrogens with one attached hydrogen (secondary N) is 2. The van der Waals surface area contributed by atoms with Crippen LogP contribution >= 0.6 is 0 Å². The minimum absolute atomic E-state index is 0.00843. The van der Waals surface area contributed by atoms with E-state index in [4.69, 9.17) is 9.47 Å². The Hall–Kier alpha value is -3.62. The summed E-state index contributed by atoms with van der Waals surface area (Å²) in [4.78, 5) is 22.4. The highest BCUT2D eigenvalue weighted by atomic mass is 16.7. The molecule has 3 rings (SSSR count). The van der Waals surface area contributed by atoms with Crippen LogP contribution in [0.3, 0.4) is 0 Å². The Morgan fingerprint density at radius 1 is 1.27 bits per heavy atom. The molecule has 2 N–H and O–H groups in total. The molecular formula is C17H16N4O5. The normalized spacial score (nSPS) is 12.2. The minimum Gasteiger partial charge on any atom is -0.454 e. The third-order valence-electron chi connectivity index (χ3n) is 3.62. The summed E-state index contributed by atoms with van der Waals surface area (Å²) in [5, 5.41) is 17.9. The molecule has 0 atom stereocenters. The van der Waals surface area contributed by atoms with E-state index in [1.54, 1.807) is 0 Å². The average molecular weight is 356 g/mol. The summed E-state index contributed by atoms with van der Waals surface area (Å²) in [6, 6.07) is 10.3. The molecule has 1 aliphatic heterocycles. The van der Waals surface area contributed by atoms with E-state index in [1.165, 1.54) is 18.3 Å². The van der Waals surface area contributed by atoms with Gasteiger partial charge >= 0.3 is 0 Å². The number of hydrogen-bond acceptors (Lipinski definition) is 7. The highest BCUT2D eigenvalue weighted by Crippen LogP contribution is 2.37. The van der Waals surface area contributed by atoms with E-state index in [0.29, 0.717) is 11.5 Å². The van der Waals surface area contributed by atoms with Crippen LogP contribution in [-0.4, -0.2) is 30.4 Å². The standard InChI is InChI=1S/C17H16N4O5/c1-11-2-4-13(5-3-11)18-9-17(22)20-19-8-12-6-15-16(26-10-25-15)7-14(12)21(23)24/h2-8,18H,9-10H2,1H3,(H,20,22)/b19-8+. The molecule has 2 aromatic rings. The van der Waals surface area contributed by atoms with Crippen LogP contribution in [0.25, 0.3) is 0 Å². The molecule has 0 aromatic heterocycles. The van der Waals surface area contributed by atoms with Crippen molar-refractivity contribution >= 4 is 23.5 Å². The molecule has 0 bridgehead atoms. The Morgan fingerprint density at radius 3 is 2.65 bits per heavy atom. The first-order chi connectivity index (χ1) is 12.5. The van der Waals surface area contributed by atoms with Crippen molar-refractivity contribution < 1.29 is 19.2 Å². The summed E-state index contributed by atoms with van der Waals surface area (Å²) in [5.41, 5.74) is 4.26. The first-order valence-corrected chi connectivity index (χ1v) is 7.73. The summed E-state index contributed by atoms with van der Waals surface area (Å²) >= 11 is 0. The van der Waals surface area contributed by atoms with Gasteiger partial charge in [-0.1, -0.05) is 17.7 Å². The van der Waals surface area contributed by atoms with Crippen LogP contribution in [0.5, 0.6) is 11.5 Å². The van der Waals surface area contributed by atoms with Gasteiger partial charge in [-0.25, -0.2) is 5.43 Å². The van der Waals surface area contributed by atoms with Gasteiger partial charge in [-0.2, -0.15) is 5.10 Å². The quantitative estimate of drug-likeness (QED) is 0.466. The molecule has 2 aromatic carbocycles. The summed E-state index contributed by atoms with van der Waals surface area (Å²) < 4.78 is 10.3. The number of nitro benzene ring substituents is 1.